The molecule has 0 aromatic carbocycles. The van der Waals surface area contributed by atoms with Gasteiger partial charge < -0.3 is 11.0 Å². The molecular formula is H6MgO2Zr. The van der Waals surface area contributed by atoms with Gasteiger partial charge in [0.1, 0.15) is 0 Å². The van der Waals surface area contributed by atoms with Gasteiger partial charge >= 0.3 is 23.1 Å². The molecule has 4 heavy (non-hydrogen) atoms. The first-order valence-electron chi connectivity index (χ1n) is 0. The van der Waals surface area contributed by atoms with Gasteiger partial charge in [-0.25, -0.2) is 0 Å². The average molecular weight is 154 g/mol. The van der Waals surface area contributed by atoms with Crippen molar-refractivity contribution in [2.45, 2.75) is 0 Å². The molecule has 0 fully saturated rings. The molecule has 4 heteroatoms. The summed E-state index contributed by atoms with van der Waals surface area (Å²) in [5.41, 5.74) is 0. The quantitative estimate of drug-likeness (QED) is 0.344. The predicted molar refractivity (Wildman–Crippen MR) is 15.8 cm³/mol. The SMILES string of the molecule is O.O.[MgH2].[Zr]. The van der Waals surface area contributed by atoms with E-state index in [9.17, 15) is 0 Å². The third kappa shape index (κ3) is 9.57. The van der Waals surface area contributed by atoms with Crippen LogP contribution in [-0.4, -0.2) is 34.0 Å². The maximum Gasteiger partial charge on any atom is 0.316 e. The monoisotopic (exact) mass is 152 g/mol. The Morgan fingerprint density at radius 3 is 0.750 bits per heavy atom. The van der Waals surface area contributed by atoms with Crippen molar-refractivity contribution in [2.24, 2.45) is 0 Å². The third-order valence-electron chi connectivity index (χ3n) is 0. The number of hydrogen-bond acceptors (Lipinski definition) is 0. The first-order valence-corrected chi connectivity index (χ1v) is 0. The molecule has 0 aliphatic heterocycles. The van der Waals surface area contributed by atoms with Crippen molar-refractivity contribution in [3.8, 4) is 0 Å². The predicted octanol–water partition coefficient (Wildman–Crippen LogP) is -2.57. The Balaban J connectivity index is 0. The van der Waals surface area contributed by atoms with Crippen molar-refractivity contribution >= 4 is 23.1 Å². The summed E-state index contributed by atoms with van der Waals surface area (Å²) < 4.78 is 0. The number of rotatable bonds is 0. The van der Waals surface area contributed by atoms with Crippen LogP contribution >= 0.6 is 0 Å². The molecule has 0 saturated heterocycles. The van der Waals surface area contributed by atoms with E-state index in [4.69, 9.17) is 0 Å². The van der Waals surface area contributed by atoms with Gasteiger partial charge in [-0.15, -0.1) is 0 Å². The van der Waals surface area contributed by atoms with Gasteiger partial charge in [0.25, 0.3) is 0 Å². The summed E-state index contributed by atoms with van der Waals surface area (Å²) in [6.07, 6.45) is 0. The maximum atomic E-state index is 0. The van der Waals surface area contributed by atoms with Crippen LogP contribution in [0.5, 0.6) is 0 Å². The fourth-order valence-electron chi connectivity index (χ4n) is 0. The summed E-state index contributed by atoms with van der Waals surface area (Å²) in [5.74, 6) is 0. The first-order chi connectivity index (χ1) is 0. The first kappa shape index (κ1) is 47.2. The van der Waals surface area contributed by atoms with E-state index in [1.165, 1.54) is 0 Å². The molecule has 0 saturated carbocycles. The van der Waals surface area contributed by atoms with Crippen LogP contribution in [-0.2, 0) is 26.2 Å². The van der Waals surface area contributed by atoms with Gasteiger partial charge in [0.05, 0.1) is 0 Å². The molecule has 2 nitrogen and oxygen atoms in total. The van der Waals surface area contributed by atoms with Crippen LogP contribution in [0.2, 0.25) is 0 Å². The molecule has 0 aliphatic rings. The molecule has 0 heterocycles. The van der Waals surface area contributed by atoms with Gasteiger partial charge in [-0.1, -0.05) is 0 Å². The van der Waals surface area contributed by atoms with E-state index in [0.29, 0.717) is 0 Å². The van der Waals surface area contributed by atoms with Crippen molar-refractivity contribution in [3.63, 3.8) is 0 Å². The van der Waals surface area contributed by atoms with Crippen molar-refractivity contribution < 1.29 is 37.2 Å². The molecule has 0 aromatic rings. The van der Waals surface area contributed by atoms with Crippen LogP contribution in [0.3, 0.4) is 0 Å². The molecule has 0 radical (unpaired) electrons. The summed E-state index contributed by atoms with van der Waals surface area (Å²) in [5, 5.41) is 0. The smallest absolute Gasteiger partial charge is 0.316 e. The van der Waals surface area contributed by atoms with Gasteiger partial charge in [-0.05, 0) is 0 Å². The van der Waals surface area contributed by atoms with Crippen LogP contribution in [0, 0.1) is 0 Å². The zero-order chi connectivity index (χ0) is 0. The van der Waals surface area contributed by atoms with Crippen LogP contribution in [0.4, 0.5) is 0 Å². The van der Waals surface area contributed by atoms with Crippen LogP contribution < -0.4 is 0 Å². The third-order valence-corrected chi connectivity index (χ3v) is 0. The van der Waals surface area contributed by atoms with E-state index in [-0.39, 0.29) is 60.2 Å². The minimum absolute atomic E-state index is 0. The van der Waals surface area contributed by atoms with E-state index in [1.807, 2.05) is 0 Å². The minimum Gasteiger partial charge on any atom is -0.412 e. The normalized spacial score (nSPS) is 0. The Hall–Kier alpha value is 1.57. The summed E-state index contributed by atoms with van der Waals surface area (Å²) in [6, 6.07) is 0. The standard InChI is InChI=1S/Mg.2H2O.Zr.2H/h;2*1H2;;;. The van der Waals surface area contributed by atoms with E-state index < -0.39 is 0 Å². The van der Waals surface area contributed by atoms with Crippen molar-refractivity contribution in [2.75, 3.05) is 0 Å². The summed E-state index contributed by atoms with van der Waals surface area (Å²) in [7, 11) is 0. The molecular weight excluding hydrogens is 148 g/mol. The molecule has 0 atom stereocenters. The Morgan fingerprint density at radius 1 is 0.750 bits per heavy atom. The van der Waals surface area contributed by atoms with Crippen LogP contribution in [0.1, 0.15) is 0 Å². The van der Waals surface area contributed by atoms with Gasteiger partial charge in [0.2, 0.25) is 0 Å². The Morgan fingerprint density at radius 2 is 0.750 bits per heavy atom. The molecule has 4 N–H and O–H groups in total. The Bertz CT molecular complexity index is 6.00. The second kappa shape index (κ2) is 23.6. The largest absolute Gasteiger partial charge is 0.412 e. The van der Waals surface area contributed by atoms with E-state index in [1.54, 1.807) is 0 Å². The minimum atomic E-state index is 0. The van der Waals surface area contributed by atoms with Crippen molar-refractivity contribution in [1.82, 2.24) is 0 Å². The maximum absolute atomic E-state index is 0. The van der Waals surface area contributed by atoms with Crippen molar-refractivity contribution in [3.05, 3.63) is 0 Å². The second-order valence-corrected chi connectivity index (χ2v) is 0. The Kier molecular flexibility index (Phi) is 279. The van der Waals surface area contributed by atoms with Gasteiger partial charge in [-0.2, -0.15) is 0 Å². The van der Waals surface area contributed by atoms with E-state index in [0.717, 1.165) is 0 Å². The molecule has 0 aliphatic carbocycles. The van der Waals surface area contributed by atoms with Crippen LogP contribution in [0.25, 0.3) is 0 Å². The zero-order valence-electron chi connectivity index (χ0n) is 1.50. The van der Waals surface area contributed by atoms with E-state index in [2.05, 4.69) is 0 Å². The fraction of sp³-hybridized carbons (Fsp3) is 0. The average Bonchev–Trinajstić information content (AvgIpc) is 0. The molecule has 0 amide bonds. The number of hydrogen-bond donors (Lipinski definition) is 0. The molecule has 0 rings (SSSR count). The Labute approximate surface area is 59.8 Å². The van der Waals surface area contributed by atoms with Crippen LogP contribution in [0.15, 0.2) is 0 Å². The molecule has 24 valence electrons. The molecule has 0 aromatic heterocycles. The summed E-state index contributed by atoms with van der Waals surface area (Å²) in [6.45, 7) is 0. The van der Waals surface area contributed by atoms with Gasteiger partial charge in [0, 0.05) is 26.2 Å². The van der Waals surface area contributed by atoms with Crippen molar-refractivity contribution in [1.29, 1.82) is 0 Å². The molecule has 0 spiro atoms. The topological polar surface area (TPSA) is 63.0 Å². The summed E-state index contributed by atoms with van der Waals surface area (Å²) >= 11 is 0. The molecule has 0 unspecified atom stereocenters. The zero-order valence-corrected chi connectivity index (χ0v) is 3.96. The second-order valence-electron chi connectivity index (χ2n) is 0. The van der Waals surface area contributed by atoms with Gasteiger partial charge in [-0.3, -0.25) is 0 Å². The van der Waals surface area contributed by atoms with Gasteiger partial charge in [0.15, 0.2) is 0 Å². The fourth-order valence-corrected chi connectivity index (χ4v) is 0. The molecule has 0 bridgehead atoms. The summed E-state index contributed by atoms with van der Waals surface area (Å²) in [4.78, 5) is 0. The van der Waals surface area contributed by atoms with E-state index >= 15 is 0 Å².